The van der Waals surface area contributed by atoms with Gasteiger partial charge in [-0.05, 0) is 24.6 Å². The summed E-state index contributed by atoms with van der Waals surface area (Å²) in [6.45, 7) is 4.26. The van der Waals surface area contributed by atoms with Crippen LogP contribution in [0.2, 0.25) is 5.02 Å². The second-order valence-electron chi connectivity index (χ2n) is 5.41. The van der Waals surface area contributed by atoms with Gasteiger partial charge in [0.1, 0.15) is 5.82 Å². The van der Waals surface area contributed by atoms with Crippen molar-refractivity contribution in [2.45, 2.75) is 37.8 Å². The summed E-state index contributed by atoms with van der Waals surface area (Å²) in [6.07, 6.45) is 2.29. The lowest BCUT2D eigenvalue weighted by molar-refractivity contribution is -0.110. The molecule has 0 spiro atoms. The molecule has 1 heterocycles. The number of hydrogen-bond donors (Lipinski definition) is 1. The van der Waals surface area contributed by atoms with E-state index in [9.17, 15) is 4.39 Å². The SMILES string of the molecule is CCNC(Cc1cccc(F)c1Cl)C1(OC)CCOCC1. The Balaban J connectivity index is 2.23. The van der Waals surface area contributed by atoms with Gasteiger partial charge in [-0.2, -0.15) is 0 Å². The molecule has 0 saturated carbocycles. The number of methoxy groups -OCH3 is 1. The number of rotatable bonds is 6. The van der Waals surface area contributed by atoms with Crippen molar-refractivity contribution in [1.29, 1.82) is 0 Å². The van der Waals surface area contributed by atoms with Crippen LogP contribution in [0, 0.1) is 5.82 Å². The summed E-state index contributed by atoms with van der Waals surface area (Å²) in [4.78, 5) is 0. The van der Waals surface area contributed by atoms with Crippen LogP contribution < -0.4 is 5.32 Å². The first-order valence-corrected chi connectivity index (χ1v) is 7.80. The molecule has 1 N–H and O–H groups in total. The van der Waals surface area contributed by atoms with Gasteiger partial charge in [-0.1, -0.05) is 30.7 Å². The summed E-state index contributed by atoms with van der Waals surface area (Å²) in [5.74, 6) is -0.372. The van der Waals surface area contributed by atoms with Crippen molar-refractivity contribution >= 4 is 11.6 Å². The first-order chi connectivity index (χ1) is 10.1. The Morgan fingerprint density at radius 1 is 1.43 bits per heavy atom. The molecule has 1 aromatic rings. The molecule has 118 valence electrons. The first-order valence-electron chi connectivity index (χ1n) is 7.42. The third kappa shape index (κ3) is 3.75. The highest BCUT2D eigenvalue weighted by atomic mass is 35.5. The predicted molar refractivity (Wildman–Crippen MR) is 82.4 cm³/mol. The van der Waals surface area contributed by atoms with Crippen molar-refractivity contribution in [2.24, 2.45) is 0 Å². The zero-order valence-electron chi connectivity index (χ0n) is 12.6. The molecule has 1 aromatic carbocycles. The zero-order valence-corrected chi connectivity index (χ0v) is 13.4. The molecule has 0 bridgehead atoms. The van der Waals surface area contributed by atoms with Crippen LogP contribution in [0.5, 0.6) is 0 Å². The molecule has 1 aliphatic heterocycles. The largest absolute Gasteiger partial charge is 0.381 e. The molecule has 21 heavy (non-hydrogen) atoms. The average Bonchev–Trinajstić information content (AvgIpc) is 2.52. The van der Waals surface area contributed by atoms with E-state index in [1.165, 1.54) is 6.07 Å². The maximum absolute atomic E-state index is 13.6. The molecule has 5 heteroatoms. The molecule has 0 aliphatic carbocycles. The Kier molecular flexibility index (Phi) is 5.99. The van der Waals surface area contributed by atoms with Crippen LogP contribution in [0.3, 0.4) is 0 Å². The highest BCUT2D eigenvalue weighted by Crippen LogP contribution is 2.32. The summed E-state index contributed by atoms with van der Waals surface area (Å²) in [5.41, 5.74) is 0.523. The fourth-order valence-corrected chi connectivity index (χ4v) is 3.23. The van der Waals surface area contributed by atoms with Gasteiger partial charge in [0.15, 0.2) is 0 Å². The van der Waals surface area contributed by atoms with Crippen molar-refractivity contribution in [3.8, 4) is 0 Å². The minimum atomic E-state index is -0.372. The molecule has 1 atom stereocenters. The van der Waals surface area contributed by atoms with E-state index in [0.717, 1.165) is 24.9 Å². The van der Waals surface area contributed by atoms with Crippen LogP contribution >= 0.6 is 11.6 Å². The van der Waals surface area contributed by atoms with Gasteiger partial charge in [-0.3, -0.25) is 0 Å². The van der Waals surface area contributed by atoms with Crippen molar-refractivity contribution in [3.63, 3.8) is 0 Å². The lowest BCUT2D eigenvalue weighted by Gasteiger charge is -2.43. The highest BCUT2D eigenvalue weighted by molar-refractivity contribution is 6.31. The zero-order chi connectivity index (χ0) is 15.3. The van der Waals surface area contributed by atoms with E-state index in [2.05, 4.69) is 12.2 Å². The number of nitrogens with one attached hydrogen (secondary N) is 1. The van der Waals surface area contributed by atoms with Crippen LogP contribution in [0.15, 0.2) is 18.2 Å². The Morgan fingerprint density at radius 2 is 2.14 bits per heavy atom. The maximum atomic E-state index is 13.6. The number of halogens is 2. The second kappa shape index (κ2) is 7.54. The molecular formula is C16H23ClFNO2. The van der Waals surface area contributed by atoms with Crippen molar-refractivity contribution < 1.29 is 13.9 Å². The van der Waals surface area contributed by atoms with Crippen molar-refractivity contribution in [2.75, 3.05) is 26.9 Å². The summed E-state index contributed by atoms with van der Waals surface area (Å²) in [5, 5.41) is 3.68. The highest BCUT2D eigenvalue weighted by Gasteiger charge is 2.40. The van der Waals surface area contributed by atoms with Crippen LogP contribution in [0.4, 0.5) is 4.39 Å². The molecule has 1 fully saturated rings. The van der Waals surface area contributed by atoms with Crippen LogP contribution in [0.1, 0.15) is 25.3 Å². The molecule has 2 rings (SSSR count). The van der Waals surface area contributed by atoms with Gasteiger partial charge in [0, 0.05) is 39.2 Å². The van der Waals surface area contributed by atoms with Crippen molar-refractivity contribution in [3.05, 3.63) is 34.6 Å². The molecule has 1 unspecified atom stereocenters. The van der Waals surface area contributed by atoms with Gasteiger partial charge in [-0.25, -0.2) is 4.39 Å². The lowest BCUT2D eigenvalue weighted by atomic mass is 9.82. The van der Waals surface area contributed by atoms with E-state index in [1.807, 2.05) is 6.07 Å². The molecular weight excluding hydrogens is 293 g/mol. The fourth-order valence-electron chi connectivity index (χ4n) is 3.03. The quantitative estimate of drug-likeness (QED) is 0.874. The van der Waals surface area contributed by atoms with Gasteiger partial charge < -0.3 is 14.8 Å². The summed E-state index contributed by atoms with van der Waals surface area (Å²) in [7, 11) is 1.74. The number of benzene rings is 1. The number of ether oxygens (including phenoxy) is 2. The van der Waals surface area contributed by atoms with Gasteiger partial charge in [0.25, 0.3) is 0 Å². The number of hydrogen-bond acceptors (Lipinski definition) is 3. The maximum Gasteiger partial charge on any atom is 0.142 e. The Bertz CT molecular complexity index is 464. The standard InChI is InChI=1S/C16H23ClFNO2/c1-3-19-14(16(20-2)7-9-21-10-8-16)11-12-5-4-6-13(18)15(12)17/h4-6,14,19H,3,7-11H2,1-2H3. The average molecular weight is 316 g/mol. The van der Waals surface area contributed by atoms with Gasteiger partial charge >= 0.3 is 0 Å². The van der Waals surface area contributed by atoms with Crippen LogP contribution in [-0.4, -0.2) is 38.5 Å². The number of likely N-dealkylation sites (N-methyl/N-ethyl adjacent to an activating group) is 1. The fraction of sp³-hybridized carbons (Fsp3) is 0.625. The van der Waals surface area contributed by atoms with E-state index < -0.39 is 0 Å². The van der Waals surface area contributed by atoms with E-state index in [0.29, 0.717) is 19.6 Å². The second-order valence-corrected chi connectivity index (χ2v) is 5.79. The molecule has 1 saturated heterocycles. The lowest BCUT2D eigenvalue weighted by Crippen LogP contribution is -2.56. The Morgan fingerprint density at radius 3 is 2.76 bits per heavy atom. The molecule has 0 radical (unpaired) electrons. The summed E-state index contributed by atoms with van der Waals surface area (Å²) >= 11 is 6.10. The predicted octanol–water partition coefficient (Wildman–Crippen LogP) is 3.20. The van der Waals surface area contributed by atoms with E-state index >= 15 is 0 Å². The smallest absolute Gasteiger partial charge is 0.142 e. The molecule has 0 amide bonds. The monoisotopic (exact) mass is 315 g/mol. The van der Waals surface area contributed by atoms with E-state index in [4.69, 9.17) is 21.1 Å². The molecule has 1 aliphatic rings. The van der Waals surface area contributed by atoms with Crippen LogP contribution in [-0.2, 0) is 15.9 Å². The van der Waals surface area contributed by atoms with Gasteiger partial charge in [0.2, 0.25) is 0 Å². The van der Waals surface area contributed by atoms with Crippen LogP contribution in [0.25, 0.3) is 0 Å². The van der Waals surface area contributed by atoms with Gasteiger partial charge in [0.05, 0.1) is 10.6 Å². The third-order valence-corrected chi connectivity index (χ3v) is 4.71. The molecule has 3 nitrogen and oxygen atoms in total. The van der Waals surface area contributed by atoms with Crippen molar-refractivity contribution in [1.82, 2.24) is 5.32 Å². The van der Waals surface area contributed by atoms with E-state index in [-0.39, 0.29) is 22.5 Å². The minimum Gasteiger partial charge on any atom is -0.381 e. The van der Waals surface area contributed by atoms with Gasteiger partial charge in [-0.15, -0.1) is 0 Å². The summed E-state index contributed by atoms with van der Waals surface area (Å²) in [6, 6.07) is 5.03. The summed E-state index contributed by atoms with van der Waals surface area (Å²) < 4.78 is 24.9. The Hall–Kier alpha value is -0.680. The van der Waals surface area contributed by atoms with E-state index in [1.54, 1.807) is 13.2 Å². The first kappa shape index (κ1) is 16.7. The normalized spacial score (nSPS) is 19.4. The molecule has 0 aromatic heterocycles. The Labute approximate surface area is 130 Å². The minimum absolute atomic E-state index is 0.0794. The topological polar surface area (TPSA) is 30.5 Å². The third-order valence-electron chi connectivity index (χ3n) is 4.29.